The van der Waals surface area contributed by atoms with Gasteiger partial charge in [0.05, 0.1) is 0 Å². The summed E-state index contributed by atoms with van der Waals surface area (Å²) < 4.78 is 31.3. The van der Waals surface area contributed by atoms with Crippen molar-refractivity contribution in [2.75, 3.05) is 6.61 Å². The highest BCUT2D eigenvalue weighted by Gasteiger charge is 2.24. The molecule has 0 saturated heterocycles. The summed E-state index contributed by atoms with van der Waals surface area (Å²) in [4.78, 5) is 24.0. The van der Waals surface area contributed by atoms with Gasteiger partial charge in [0.1, 0.15) is 6.04 Å². The highest BCUT2D eigenvalue weighted by atomic mass is 32.2. The molecule has 1 aromatic rings. The second kappa shape index (κ2) is 10.4. The summed E-state index contributed by atoms with van der Waals surface area (Å²) in [5, 5.41) is 3.87. The Balaban J connectivity index is 1.78. The molecule has 0 aromatic heterocycles. The molecule has 7 nitrogen and oxygen atoms in total. The maximum Gasteiger partial charge on any atom is 0.324 e. The summed E-state index contributed by atoms with van der Waals surface area (Å²) in [6, 6.07) is 7.92. The van der Waals surface area contributed by atoms with Crippen LogP contribution in [0.4, 0.5) is 0 Å². The van der Waals surface area contributed by atoms with E-state index in [-0.39, 0.29) is 11.9 Å². The summed E-state index contributed by atoms with van der Waals surface area (Å²) in [5.74, 6) is -0.773. The van der Waals surface area contributed by atoms with Crippen molar-refractivity contribution in [1.29, 1.82) is 0 Å². The Kier molecular flexibility index (Phi) is 8.19. The van der Waals surface area contributed by atoms with Crippen LogP contribution in [0.2, 0.25) is 0 Å². The van der Waals surface area contributed by atoms with Gasteiger partial charge in [-0.2, -0.15) is 4.72 Å². The molecule has 0 unspecified atom stereocenters. The predicted octanol–water partition coefficient (Wildman–Crippen LogP) is 2.20. The summed E-state index contributed by atoms with van der Waals surface area (Å²) in [7, 11) is -3.82. The van der Waals surface area contributed by atoms with Gasteiger partial charge in [-0.15, -0.1) is 0 Å². The molecule has 1 aliphatic carbocycles. The number of carbonyl (C=O) groups excluding carboxylic acids is 2. The van der Waals surface area contributed by atoms with Gasteiger partial charge < -0.3 is 10.1 Å². The van der Waals surface area contributed by atoms with Crippen LogP contribution in [-0.4, -0.2) is 39.0 Å². The molecular weight excluding hydrogens is 380 g/mol. The van der Waals surface area contributed by atoms with Gasteiger partial charge in [0.2, 0.25) is 10.0 Å². The Bertz CT molecular complexity index is 792. The van der Waals surface area contributed by atoms with Crippen molar-refractivity contribution in [3.63, 3.8) is 0 Å². The van der Waals surface area contributed by atoms with Gasteiger partial charge in [-0.05, 0) is 37.3 Å². The van der Waals surface area contributed by atoms with Crippen molar-refractivity contribution >= 4 is 28.0 Å². The number of hydrogen-bond acceptors (Lipinski definition) is 5. The van der Waals surface area contributed by atoms with Crippen LogP contribution in [-0.2, 0) is 24.3 Å². The third-order valence-corrected chi connectivity index (χ3v) is 5.91. The molecule has 2 N–H and O–H groups in total. The number of rotatable bonds is 8. The zero-order valence-corrected chi connectivity index (χ0v) is 17.1. The number of nitrogens with one attached hydrogen (secondary N) is 2. The van der Waals surface area contributed by atoms with Crippen LogP contribution in [0, 0.1) is 5.92 Å². The number of sulfonamides is 1. The van der Waals surface area contributed by atoms with Crippen LogP contribution in [0.5, 0.6) is 0 Å². The van der Waals surface area contributed by atoms with Gasteiger partial charge in [-0.1, -0.05) is 50.1 Å². The first-order valence-corrected chi connectivity index (χ1v) is 11.0. The first kappa shape index (κ1) is 22.1. The fourth-order valence-electron chi connectivity index (χ4n) is 3.11. The molecule has 0 radical (unpaired) electrons. The smallest absolute Gasteiger partial charge is 0.324 e. The van der Waals surface area contributed by atoms with E-state index in [1.807, 2.05) is 6.07 Å². The lowest BCUT2D eigenvalue weighted by Crippen LogP contribution is -2.44. The van der Waals surface area contributed by atoms with E-state index in [2.05, 4.69) is 17.0 Å². The lowest BCUT2D eigenvalue weighted by molar-refractivity contribution is -0.150. The van der Waals surface area contributed by atoms with Crippen molar-refractivity contribution < 1.29 is 22.7 Å². The number of carbonyl (C=O) groups is 2. The zero-order valence-electron chi connectivity index (χ0n) is 16.3. The summed E-state index contributed by atoms with van der Waals surface area (Å²) in [6.45, 7) is 3.04. The molecule has 0 heterocycles. The quantitative estimate of drug-likeness (QED) is 0.642. The topological polar surface area (TPSA) is 102 Å². The van der Waals surface area contributed by atoms with Crippen LogP contribution in [0.1, 0.15) is 45.1 Å². The minimum Gasteiger partial charge on any atom is -0.454 e. The molecular formula is C20H28N2O5S. The zero-order chi connectivity index (χ0) is 20.6. The minimum absolute atomic E-state index is 0.0963. The second-order valence-corrected chi connectivity index (χ2v) is 8.74. The van der Waals surface area contributed by atoms with Gasteiger partial charge in [0.25, 0.3) is 5.91 Å². The largest absolute Gasteiger partial charge is 0.454 e. The van der Waals surface area contributed by atoms with Crippen molar-refractivity contribution in [3.8, 4) is 0 Å². The Morgan fingerprint density at radius 2 is 1.89 bits per heavy atom. The van der Waals surface area contributed by atoms with Crippen molar-refractivity contribution in [2.24, 2.45) is 5.92 Å². The lowest BCUT2D eigenvalue weighted by Gasteiger charge is -2.29. The molecule has 1 aromatic carbocycles. The molecule has 1 amide bonds. The average Bonchev–Trinajstić information content (AvgIpc) is 2.67. The number of benzene rings is 1. The Hall–Kier alpha value is -2.19. The summed E-state index contributed by atoms with van der Waals surface area (Å²) in [6.07, 6.45) is 5.66. The fraction of sp³-hybridized carbons (Fsp3) is 0.500. The Morgan fingerprint density at radius 3 is 2.57 bits per heavy atom. The van der Waals surface area contributed by atoms with Crippen LogP contribution in [0.3, 0.4) is 0 Å². The first-order chi connectivity index (χ1) is 13.3. The fourth-order valence-corrected chi connectivity index (χ4v) is 4.11. The Morgan fingerprint density at radius 1 is 1.21 bits per heavy atom. The number of hydrogen-bond donors (Lipinski definition) is 2. The van der Waals surface area contributed by atoms with Gasteiger partial charge in [-0.3, -0.25) is 9.59 Å². The highest BCUT2D eigenvalue weighted by molar-refractivity contribution is 7.92. The molecule has 28 heavy (non-hydrogen) atoms. The van der Waals surface area contributed by atoms with Gasteiger partial charge in [0, 0.05) is 11.4 Å². The maximum absolute atomic E-state index is 12.1. The van der Waals surface area contributed by atoms with E-state index < -0.39 is 28.6 Å². The van der Waals surface area contributed by atoms with E-state index >= 15 is 0 Å². The van der Waals surface area contributed by atoms with Crippen LogP contribution < -0.4 is 10.0 Å². The lowest BCUT2D eigenvalue weighted by atomic mass is 9.86. The van der Waals surface area contributed by atoms with Crippen molar-refractivity contribution in [2.45, 2.75) is 51.6 Å². The van der Waals surface area contributed by atoms with Gasteiger partial charge >= 0.3 is 5.97 Å². The van der Waals surface area contributed by atoms with E-state index in [1.165, 1.54) is 19.4 Å². The average molecular weight is 409 g/mol. The molecule has 0 aliphatic heterocycles. The van der Waals surface area contributed by atoms with E-state index in [0.717, 1.165) is 30.2 Å². The molecule has 2 rings (SSSR count). The maximum atomic E-state index is 12.1. The molecule has 8 heteroatoms. The number of esters is 1. The normalized spacial score (nSPS) is 21.2. The summed E-state index contributed by atoms with van der Waals surface area (Å²) in [5.41, 5.74) is 0.719. The summed E-state index contributed by atoms with van der Waals surface area (Å²) >= 11 is 0. The molecule has 154 valence electrons. The standard InChI is InChI=1S/C20H28N2O5S/c1-15-8-6-7-11-18(15)21-19(23)14-27-20(24)16(2)22-28(25,26)13-12-17-9-4-3-5-10-17/h3-5,9-10,12-13,15-16,18,22H,6-8,11,14H2,1-2H3,(H,21,23)/b13-12+/t15-,16-,18-/m0/s1. The van der Waals surface area contributed by atoms with Crippen LogP contribution in [0.25, 0.3) is 6.08 Å². The van der Waals surface area contributed by atoms with Gasteiger partial charge in [0.15, 0.2) is 6.61 Å². The highest BCUT2D eigenvalue weighted by Crippen LogP contribution is 2.23. The molecule has 3 atom stereocenters. The Labute approximate surface area is 166 Å². The van der Waals surface area contributed by atoms with Crippen molar-refractivity contribution in [3.05, 3.63) is 41.3 Å². The number of ether oxygens (including phenoxy) is 1. The van der Waals surface area contributed by atoms with E-state index in [4.69, 9.17) is 4.74 Å². The first-order valence-electron chi connectivity index (χ1n) is 9.48. The predicted molar refractivity (Wildman–Crippen MR) is 108 cm³/mol. The molecule has 1 fully saturated rings. The molecule has 0 bridgehead atoms. The number of amides is 1. The van der Waals surface area contributed by atoms with E-state index in [0.29, 0.717) is 5.92 Å². The minimum atomic E-state index is -3.82. The van der Waals surface area contributed by atoms with E-state index in [1.54, 1.807) is 24.3 Å². The SMILES string of the molecule is C[C@H](NS(=O)(=O)/C=C/c1ccccc1)C(=O)OCC(=O)N[C@H]1CCCC[C@@H]1C. The second-order valence-electron chi connectivity index (χ2n) is 7.14. The van der Waals surface area contributed by atoms with E-state index in [9.17, 15) is 18.0 Å². The van der Waals surface area contributed by atoms with Gasteiger partial charge in [-0.25, -0.2) is 8.42 Å². The molecule has 0 spiro atoms. The van der Waals surface area contributed by atoms with Crippen LogP contribution >= 0.6 is 0 Å². The third-order valence-electron chi connectivity index (χ3n) is 4.74. The van der Waals surface area contributed by atoms with Crippen molar-refractivity contribution in [1.82, 2.24) is 10.0 Å². The molecule has 1 aliphatic rings. The third kappa shape index (κ3) is 7.44. The molecule has 1 saturated carbocycles. The monoisotopic (exact) mass is 408 g/mol. The van der Waals surface area contributed by atoms with Crippen LogP contribution in [0.15, 0.2) is 35.7 Å².